The molecule has 0 bridgehead atoms. The molecule has 0 spiro atoms. The lowest BCUT2D eigenvalue weighted by molar-refractivity contribution is -0.131. The second-order valence-electron chi connectivity index (χ2n) is 8.03. The van der Waals surface area contributed by atoms with Crippen molar-refractivity contribution in [2.75, 3.05) is 13.1 Å². The number of nitrogens with zero attached hydrogens (tertiary/aromatic N) is 4. The van der Waals surface area contributed by atoms with Crippen LogP contribution in [0.1, 0.15) is 61.5 Å². The number of carbonyl (C=O) groups excluding carboxylic acids is 1. The number of carbonyl (C=O) groups is 1. The van der Waals surface area contributed by atoms with Crippen LogP contribution in [-0.2, 0) is 27.8 Å². The van der Waals surface area contributed by atoms with Gasteiger partial charge in [-0.05, 0) is 56.9 Å². The van der Waals surface area contributed by atoms with E-state index in [1.807, 2.05) is 6.20 Å². The molecule has 1 saturated heterocycles. The summed E-state index contributed by atoms with van der Waals surface area (Å²) in [5, 5.41) is 0. The Labute approximate surface area is 154 Å². The summed E-state index contributed by atoms with van der Waals surface area (Å²) >= 11 is 0. The van der Waals surface area contributed by atoms with Crippen LogP contribution in [0.4, 0.5) is 0 Å². The van der Waals surface area contributed by atoms with Gasteiger partial charge in [-0.2, -0.15) is 12.7 Å². The molecule has 1 aromatic heterocycles. The molecule has 0 radical (unpaired) electrons. The zero-order chi connectivity index (χ0) is 17.9. The lowest BCUT2D eigenvalue weighted by Crippen LogP contribution is -2.54. The van der Waals surface area contributed by atoms with E-state index in [1.165, 1.54) is 17.1 Å². The highest BCUT2D eigenvalue weighted by molar-refractivity contribution is 7.87. The first-order valence-electron chi connectivity index (χ1n) is 9.72. The molecule has 26 heavy (non-hydrogen) atoms. The number of aryl methyl sites for hydroxylation is 1. The summed E-state index contributed by atoms with van der Waals surface area (Å²) in [6.07, 6.45) is 8.70. The van der Waals surface area contributed by atoms with Gasteiger partial charge in [-0.1, -0.05) is 0 Å². The predicted octanol–water partition coefficient (Wildman–Crippen LogP) is 1.40. The van der Waals surface area contributed by atoms with E-state index in [9.17, 15) is 13.2 Å². The van der Waals surface area contributed by atoms with Gasteiger partial charge < -0.3 is 0 Å². The number of aromatic nitrogens is 2. The van der Waals surface area contributed by atoms with E-state index in [1.54, 1.807) is 0 Å². The van der Waals surface area contributed by atoms with Crippen LogP contribution < -0.4 is 0 Å². The Bertz CT molecular complexity index is 848. The molecule has 1 amide bonds. The number of hydrogen-bond acceptors (Lipinski definition) is 5. The standard InChI is InChI=1S/C18H24N4O3S/c23-18(22-9-1-8-21(15-5-6-15)26(22,24)25)13-4-7-16-14(10-13)11-19-17(20-16)12-2-3-12/h11-13,15H,1-10H2. The zero-order valence-electron chi connectivity index (χ0n) is 14.8. The molecule has 1 atom stereocenters. The minimum absolute atomic E-state index is 0.108. The molecule has 8 heteroatoms. The summed E-state index contributed by atoms with van der Waals surface area (Å²) in [5.41, 5.74) is 2.06. The molecular weight excluding hydrogens is 352 g/mol. The van der Waals surface area contributed by atoms with Crippen molar-refractivity contribution in [3.05, 3.63) is 23.3 Å². The molecule has 140 valence electrons. The van der Waals surface area contributed by atoms with E-state index < -0.39 is 10.2 Å². The van der Waals surface area contributed by atoms with Crippen molar-refractivity contribution in [2.24, 2.45) is 5.92 Å². The van der Waals surface area contributed by atoms with Gasteiger partial charge in [0.2, 0.25) is 5.91 Å². The van der Waals surface area contributed by atoms with E-state index in [4.69, 9.17) is 4.98 Å². The first-order valence-corrected chi connectivity index (χ1v) is 11.1. The van der Waals surface area contributed by atoms with Gasteiger partial charge in [-0.3, -0.25) is 4.79 Å². The molecule has 3 aliphatic carbocycles. The van der Waals surface area contributed by atoms with Crippen LogP contribution in [0.15, 0.2) is 6.20 Å². The summed E-state index contributed by atoms with van der Waals surface area (Å²) in [5.74, 6) is 0.929. The van der Waals surface area contributed by atoms with Gasteiger partial charge in [0.25, 0.3) is 0 Å². The normalized spacial score (nSPS) is 28.6. The van der Waals surface area contributed by atoms with E-state index in [-0.39, 0.29) is 17.9 Å². The quantitative estimate of drug-likeness (QED) is 0.796. The lowest BCUT2D eigenvalue weighted by Gasteiger charge is -2.37. The maximum atomic E-state index is 13.0. The average Bonchev–Trinajstić information content (AvgIpc) is 3.53. The molecule has 1 aromatic rings. The van der Waals surface area contributed by atoms with Crippen molar-refractivity contribution >= 4 is 16.1 Å². The van der Waals surface area contributed by atoms with Crippen molar-refractivity contribution in [2.45, 2.75) is 63.3 Å². The molecule has 4 aliphatic rings. The third-order valence-corrected chi connectivity index (χ3v) is 7.97. The number of hydrogen-bond donors (Lipinski definition) is 0. The molecule has 2 heterocycles. The van der Waals surface area contributed by atoms with E-state index in [2.05, 4.69) is 4.98 Å². The Balaban J connectivity index is 1.34. The van der Waals surface area contributed by atoms with Crippen LogP contribution in [0.2, 0.25) is 0 Å². The van der Waals surface area contributed by atoms with Gasteiger partial charge in [0.05, 0.1) is 0 Å². The Morgan fingerprint density at radius 3 is 2.65 bits per heavy atom. The van der Waals surface area contributed by atoms with Crippen molar-refractivity contribution in [1.82, 2.24) is 18.6 Å². The Morgan fingerprint density at radius 1 is 1.12 bits per heavy atom. The topological polar surface area (TPSA) is 83.5 Å². The largest absolute Gasteiger partial charge is 0.306 e. The molecular formula is C18H24N4O3S. The van der Waals surface area contributed by atoms with E-state index in [0.717, 1.165) is 47.1 Å². The summed E-state index contributed by atoms with van der Waals surface area (Å²) in [7, 11) is -3.65. The molecule has 2 saturated carbocycles. The third-order valence-electron chi connectivity index (χ3n) is 5.98. The molecule has 0 aromatic carbocycles. The van der Waals surface area contributed by atoms with E-state index in [0.29, 0.717) is 31.8 Å². The predicted molar refractivity (Wildman–Crippen MR) is 94.5 cm³/mol. The van der Waals surface area contributed by atoms with Gasteiger partial charge in [0.1, 0.15) is 5.82 Å². The second-order valence-corrected chi connectivity index (χ2v) is 9.83. The molecule has 0 N–H and O–H groups in total. The van der Waals surface area contributed by atoms with Crippen molar-refractivity contribution in [3.8, 4) is 0 Å². The van der Waals surface area contributed by atoms with Crippen molar-refractivity contribution in [1.29, 1.82) is 0 Å². The van der Waals surface area contributed by atoms with Crippen LogP contribution in [0, 0.1) is 5.92 Å². The maximum Gasteiger partial charge on any atom is 0.306 e. The van der Waals surface area contributed by atoms with Crippen LogP contribution in [-0.4, -0.2) is 52.0 Å². The zero-order valence-corrected chi connectivity index (χ0v) is 15.6. The van der Waals surface area contributed by atoms with Crippen molar-refractivity contribution < 1.29 is 13.2 Å². The maximum absolute atomic E-state index is 13.0. The van der Waals surface area contributed by atoms with Gasteiger partial charge in [0.15, 0.2) is 0 Å². The average molecular weight is 376 g/mol. The Hall–Kier alpha value is -1.54. The highest BCUT2D eigenvalue weighted by Gasteiger charge is 2.46. The molecule has 1 unspecified atom stereocenters. The third kappa shape index (κ3) is 2.83. The number of amides is 1. The second kappa shape index (κ2) is 5.99. The van der Waals surface area contributed by atoms with E-state index >= 15 is 0 Å². The van der Waals surface area contributed by atoms with Gasteiger partial charge in [0, 0.05) is 42.9 Å². The minimum Gasteiger partial charge on any atom is -0.273 e. The fourth-order valence-electron chi connectivity index (χ4n) is 4.16. The van der Waals surface area contributed by atoms with Gasteiger partial charge in [-0.15, -0.1) is 0 Å². The van der Waals surface area contributed by atoms with Crippen LogP contribution in [0.25, 0.3) is 0 Å². The first kappa shape index (κ1) is 16.6. The molecule has 3 fully saturated rings. The molecule has 7 nitrogen and oxygen atoms in total. The molecule has 5 rings (SSSR count). The SMILES string of the molecule is O=C(C1CCc2nc(C3CC3)ncc2C1)N1CCCN(C2CC2)S1(=O)=O. The first-order chi connectivity index (χ1) is 12.5. The fourth-order valence-corrected chi connectivity index (χ4v) is 6.10. The van der Waals surface area contributed by atoms with Crippen LogP contribution >= 0.6 is 0 Å². The molecule has 1 aliphatic heterocycles. The minimum atomic E-state index is -3.65. The summed E-state index contributed by atoms with van der Waals surface area (Å²) in [4.78, 5) is 22.2. The monoisotopic (exact) mass is 376 g/mol. The summed E-state index contributed by atoms with van der Waals surface area (Å²) in [6.45, 7) is 0.854. The van der Waals surface area contributed by atoms with Crippen LogP contribution in [0.5, 0.6) is 0 Å². The Morgan fingerprint density at radius 2 is 1.92 bits per heavy atom. The van der Waals surface area contributed by atoms with Crippen molar-refractivity contribution in [3.63, 3.8) is 0 Å². The summed E-state index contributed by atoms with van der Waals surface area (Å²) in [6, 6.07) is 0.108. The fraction of sp³-hybridized carbons (Fsp3) is 0.722. The Kier molecular flexibility index (Phi) is 3.83. The summed E-state index contributed by atoms with van der Waals surface area (Å²) < 4.78 is 28.4. The smallest absolute Gasteiger partial charge is 0.273 e. The number of fused-ring (bicyclic) bond motifs is 1. The van der Waals surface area contributed by atoms with Crippen LogP contribution in [0.3, 0.4) is 0 Å². The number of rotatable bonds is 3. The van der Waals surface area contributed by atoms with Gasteiger partial charge >= 0.3 is 10.2 Å². The highest BCUT2D eigenvalue weighted by atomic mass is 32.2. The van der Waals surface area contributed by atoms with Gasteiger partial charge in [-0.25, -0.2) is 14.3 Å². The highest BCUT2D eigenvalue weighted by Crippen LogP contribution is 2.39. The lowest BCUT2D eigenvalue weighted by atomic mass is 9.86.